The van der Waals surface area contributed by atoms with E-state index in [-0.39, 0.29) is 18.9 Å². The molecule has 0 fully saturated rings. The maximum Gasteiger partial charge on any atom is 0.260 e. The van der Waals surface area contributed by atoms with Crippen LogP contribution in [0.5, 0.6) is 5.75 Å². The van der Waals surface area contributed by atoms with Crippen molar-refractivity contribution >= 4 is 16.7 Å². The van der Waals surface area contributed by atoms with Gasteiger partial charge in [0.2, 0.25) is 0 Å². The highest BCUT2D eigenvalue weighted by molar-refractivity contribution is 5.84. The first-order valence-corrected chi connectivity index (χ1v) is 8.05. The Labute approximate surface area is 146 Å². The standard InChI is InChI=1S/C20H18N2O3/c21-10-4-11-22(14-19-7-3-12-24-19)20(23)15-25-18-9-8-16-5-1-2-6-17(16)13-18/h1-3,5-9,12-13H,4,11,14-15H2. The molecular weight excluding hydrogens is 316 g/mol. The zero-order valence-corrected chi connectivity index (χ0v) is 13.7. The summed E-state index contributed by atoms with van der Waals surface area (Å²) in [5, 5.41) is 11.0. The molecule has 126 valence electrons. The number of hydrogen-bond donors (Lipinski definition) is 0. The number of furan rings is 1. The number of carbonyl (C=O) groups is 1. The first-order valence-electron chi connectivity index (χ1n) is 8.05. The molecule has 0 spiro atoms. The summed E-state index contributed by atoms with van der Waals surface area (Å²) < 4.78 is 10.9. The molecule has 3 rings (SSSR count). The van der Waals surface area contributed by atoms with Gasteiger partial charge in [-0.1, -0.05) is 30.3 Å². The van der Waals surface area contributed by atoms with Gasteiger partial charge in [-0.2, -0.15) is 5.26 Å². The quantitative estimate of drug-likeness (QED) is 0.660. The van der Waals surface area contributed by atoms with E-state index in [2.05, 4.69) is 6.07 Å². The highest BCUT2D eigenvalue weighted by Crippen LogP contribution is 2.20. The second kappa shape index (κ2) is 8.02. The summed E-state index contributed by atoms with van der Waals surface area (Å²) in [5.74, 6) is 1.14. The summed E-state index contributed by atoms with van der Waals surface area (Å²) in [6, 6.07) is 19.3. The fourth-order valence-corrected chi connectivity index (χ4v) is 2.56. The largest absolute Gasteiger partial charge is 0.484 e. The van der Waals surface area contributed by atoms with E-state index in [4.69, 9.17) is 14.4 Å². The molecule has 0 saturated heterocycles. The van der Waals surface area contributed by atoms with Gasteiger partial charge in [-0.05, 0) is 35.0 Å². The minimum atomic E-state index is -0.181. The molecule has 1 heterocycles. The smallest absolute Gasteiger partial charge is 0.260 e. The van der Waals surface area contributed by atoms with E-state index in [1.54, 1.807) is 23.3 Å². The van der Waals surface area contributed by atoms with Gasteiger partial charge in [-0.25, -0.2) is 0 Å². The molecule has 1 aromatic heterocycles. The lowest BCUT2D eigenvalue weighted by Gasteiger charge is -2.20. The van der Waals surface area contributed by atoms with Gasteiger partial charge in [0.1, 0.15) is 11.5 Å². The normalized spacial score (nSPS) is 10.4. The second-order valence-corrected chi connectivity index (χ2v) is 5.60. The Balaban J connectivity index is 1.64. The van der Waals surface area contributed by atoms with E-state index in [1.807, 2.05) is 42.5 Å². The lowest BCUT2D eigenvalue weighted by molar-refractivity contribution is -0.134. The van der Waals surface area contributed by atoms with E-state index < -0.39 is 0 Å². The van der Waals surface area contributed by atoms with Gasteiger partial charge in [0.25, 0.3) is 5.91 Å². The molecule has 5 heteroatoms. The van der Waals surface area contributed by atoms with Crippen molar-refractivity contribution in [3.63, 3.8) is 0 Å². The third kappa shape index (κ3) is 4.39. The summed E-state index contributed by atoms with van der Waals surface area (Å²) >= 11 is 0. The third-order valence-electron chi connectivity index (χ3n) is 3.86. The summed E-state index contributed by atoms with van der Waals surface area (Å²) in [7, 11) is 0. The van der Waals surface area contributed by atoms with E-state index in [9.17, 15) is 4.79 Å². The topological polar surface area (TPSA) is 66.5 Å². The molecule has 25 heavy (non-hydrogen) atoms. The number of fused-ring (bicyclic) bond motifs is 1. The predicted octanol–water partition coefficient (Wildman–Crippen LogP) is 3.75. The molecule has 0 saturated carbocycles. The van der Waals surface area contributed by atoms with Crippen LogP contribution in [-0.2, 0) is 11.3 Å². The number of amides is 1. The third-order valence-corrected chi connectivity index (χ3v) is 3.86. The molecule has 0 atom stereocenters. The van der Waals surface area contributed by atoms with Crippen molar-refractivity contribution in [1.82, 2.24) is 4.90 Å². The Kier molecular flexibility index (Phi) is 5.32. The Morgan fingerprint density at radius 3 is 2.72 bits per heavy atom. The molecule has 0 bridgehead atoms. The molecule has 0 aliphatic carbocycles. The Bertz CT molecular complexity index is 881. The number of nitrogens with zero attached hydrogens (tertiary/aromatic N) is 2. The van der Waals surface area contributed by atoms with Crippen molar-refractivity contribution in [3.05, 3.63) is 66.6 Å². The van der Waals surface area contributed by atoms with Gasteiger partial charge >= 0.3 is 0 Å². The first kappa shape index (κ1) is 16.6. The van der Waals surface area contributed by atoms with Crippen LogP contribution in [0.25, 0.3) is 10.8 Å². The minimum absolute atomic E-state index is 0.0789. The van der Waals surface area contributed by atoms with Crippen molar-refractivity contribution in [1.29, 1.82) is 5.26 Å². The molecule has 1 amide bonds. The first-order chi connectivity index (χ1) is 12.3. The molecule has 0 aliphatic heterocycles. The van der Waals surface area contributed by atoms with Gasteiger partial charge < -0.3 is 14.1 Å². The Morgan fingerprint density at radius 1 is 1.12 bits per heavy atom. The number of carbonyl (C=O) groups excluding carboxylic acids is 1. The highest BCUT2D eigenvalue weighted by Gasteiger charge is 2.16. The van der Waals surface area contributed by atoms with Crippen molar-refractivity contribution in [2.24, 2.45) is 0 Å². The summed E-state index contributed by atoms with van der Waals surface area (Å²) in [6.45, 7) is 0.593. The van der Waals surface area contributed by atoms with Crippen LogP contribution in [-0.4, -0.2) is 24.0 Å². The van der Waals surface area contributed by atoms with E-state index in [0.29, 0.717) is 24.6 Å². The van der Waals surface area contributed by atoms with Gasteiger partial charge in [-0.3, -0.25) is 4.79 Å². The van der Waals surface area contributed by atoms with Gasteiger partial charge in [0, 0.05) is 6.54 Å². The van der Waals surface area contributed by atoms with Gasteiger partial charge in [-0.15, -0.1) is 0 Å². The van der Waals surface area contributed by atoms with Crippen molar-refractivity contribution < 1.29 is 13.9 Å². The predicted molar refractivity (Wildman–Crippen MR) is 93.8 cm³/mol. The average Bonchev–Trinajstić information content (AvgIpc) is 3.16. The number of ether oxygens (including phenoxy) is 1. The molecule has 2 aromatic carbocycles. The maximum atomic E-state index is 12.5. The van der Waals surface area contributed by atoms with Gasteiger partial charge in [0.05, 0.1) is 25.3 Å². The summed E-state index contributed by atoms with van der Waals surface area (Å²) in [5.41, 5.74) is 0. The molecule has 0 unspecified atom stereocenters. The lowest BCUT2D eigenvalue weighted by Crippen LogP contribution is -2.35. The molecule has 0 aliphatic rings. The van der Waals surface area contributed by atoms with Crippen LogP contribution >= 0.6 is 0 Å². The zero-order chi connectivity index (χ0) is 17.5. The SMILES string of the molecule is N#CCCN(Cc1ccco1)C(=O)COc1ccc2ccccc2c1. The highest BCUT2D eigenvalue weighted by atomic mass is 16.5. The fourth-order valence-electron chi connectivity index (χ4n) is 2.56. The Hall–Kier alpha value is -3.26. The van der Waals surface area contributed by atoms with Crippen LogP contribution in [0.3, 0.4) is 0 Å². The Morgan fingerprint density at radius 2 is 1.96 bits per heavy atom. The molecule has 3 aromatic rings. The number of benzene rings is 2. The minimum Gasteiger partial charge on any atom is -0.484 e. The zero-order valence-electron chi connectivity index (χ0n) is 13.7. The van der Waals surface area contributed by atoms with Crippen LogP contribution < -0.4 is 4.74 Å². The second-order valence-electron chi connectivity index (χ2n) is 5.60. The van der Waals surface area contributed by atoms with Crippen molar-refractivity contribution in [3.8, 4) is 11.8 Å². The van der Waals surface area contributed by atoms with E-state index in [0.717, 1.165) is 10.8 Å². The number of hydrogen-bond acceptors (Lipinski definition) is 4. The van der Waals surface area contributed by atoms with Crippen LogP contribution in [0.2, 0.25) is 0 Å². The van der Waals surface area contributed by atoms with Crippen LogP contribution in [0, 0.1) is 11.3 Å². The number of nitriles is 1. The van der Waals surface area contributed by atoms with Crippen molar-refractivity contribution in [2.75, 3.05) is 13.2 Å². The molecule has 0 N–H and O–H groups in total. The molecule has 0 radical (unpaired) electrons. The van der Waals surface area contributed by atoms with Gasteiger partial charge in [0.15, 0.2) is 6.61 Å². The maximum absolute atomic E-state index is 12.5. The average molecular weight is 334 g/mol. The number of rotatable bonds is 7. The summed E-state index contributed by atoms with van der Waals surface area (Å²) in [6.07, 6.45) is 1.83. The van der Waals surface area contributed by atoms with E-state index in [1.165, 1.54) is 0 Å². The monoisotopic (exact) mass is 334 g/mol. The van der Waals surface area contributed by atoms with Crippen LogP contribution in [0.4, 0.5) is 0 Å². The van der Waals surface area contributed by atoms with Crippen LogP contribution in [0.15, 0.2) is 65.3 Å². The van der Waals surface area contributed by atoms with E-state index >= 15 is 0 Å². The molecular formula is C20H18N2O3. The summed E-state index contributed by atoms with van der Waals surface area (Å²) in [4.78, 5) is 14.0. The van der Waals surface area contributed by atoms with Crippen LogP contribution in [0.1, 0.15) is 12.2 Å². The fraction of sp³-hybridized carbons (Fsp3) is 0.200. The lowest BCUT2D eigenvalue weighted by atomic mass is 10.1. The molecule has 5 nitrogen and oxygen atoms in total. The van der Waals surface area contributed by atoms with Crippen molar-refractivity contribution in [2.45, 2.75) is 13.0 Å².